The van der Waals surface area contributed by atoms with Gasteiger partial charge in [-0.05, 0) is 30.9 Å². The lowest BCUT2D eigenvalue weighted by atomic mass is 9.99. The summed E-state index contributed by atoms with van der Waals surface area (Å²) in [7, 11) is 0. The van der Waals surface area contributed by atoms with E-state index in [0.29, 0.717) is 6.61 Å². The first-order valence-corrected chi connectivity index (χ1v) is 6.47. The van der Waals surface area contributed by atoms with Crippen molar-refractivity contribution in [2.45, 2.75) is 32.3 Å². The number of allylic oxidation sites excluding steroid dienone is 1. The van der Waals surface area contributed by atoms with Gasteiger partial charge in [-0.25, -0.2) is 5.84 Å². The zero-order chi connectivity index (χ0) is 14.1. The summed E-state index contributed by atoms with van der Waals surface area (Å²) in [6.07, 6.45) is 3.86. The minimum Gasteiger partial charge on any atom is -0.377 e. The van der Waals surface area contributed by atoms with E-state index in [4.69, 9.17) is 10.6 Å². The Morgan fingerprint density at radius 3 is 2.74 bits per heavy atom. The largest absolute Gasteiger partial charge is 0.377 e. The summed E-state index contributed by atoms with van der Waals surface area (Å²) < 4.78 is 5.54. The summed E-state index contributed by atoms with van der Waals surface area (Å²) in [4.78, 5) is 11.4. The molecule has 1 rings (SSSR count). The molecule has 0 saturated heterocycles. The number of hydrogen-bond donors (Lipinski definition) is 2. The maximum absolute atomic E-state index is 11.4. The van der Waals surface area contributed by atoms with Crippen LogP contribution >= 0.6 is 0 Å². The van der Waals surface area contributed by atoms with Crippen LogP contribution in [0.25, 0.3) is 0 Å². The quantitative estimate of drug-likeness (QED) is 0.248. The second-order valence-corrected chi connectivity index (χ2v) is 4.46. The Balaban J connectivity index is 2.43. The number of rotatable bonds is 8. The van der Waals surface area contributed by atoms with Crippen molar-refractivity contribution in [2.24, 2.45) is 5.84 Å². The van der Waals surface area contributed by atoms with Gasteiger partial charge in [-0.15, -0.1) is 6.58 Å². The Labute approximate surface area is 114 Å². The van der Waals surface area contributed by atoms with Crippen LogP contribution in [-0.2, 0) is 16.1 Å². The number of nitrogens with two attached hydrogens (primary N) is 1. The van der Waals surface area contributed by atoms with Gasteiger partial charge in [-0.1, -0.05) is 30.3 Å². The van der Waals surface area contributed by atoms with E-state index in [1.54, 1.807) is 0 Å². The fourth-order valence-electron chi connectivity index (χ4n) is 1.70. The van der Waals surface area contributed by atoms with Crippen molar-refractivity contribution in [3.63, 3.8) is 0 Å². The smallest absolute Gasteiger partial charge is 0.241 e. The van der Waals surface area contributed by atoms with Crippen LogP contribution < -0.4 is 11.3 Å². The molecule has 104 valence electrons. The second-order valence-electron chi connectivity index (χ2n) is 4.46. The van der Waals surface area contributed by atoms with Crippen LogP contribution in [0.3, 0.4) is 0 Å². The third-order valence-electron chi connectivity index (χ3n) is 2.98. The maximum atomic E-state index is 11.4. The van der Waals surface area contributed by atoms with Crippen molar-refractivity contribution in [2.75, 3.05) is 6.61 Å². The zero-order valence-electron chi connectivity index (χ0n) is 11.4. The molecule has 0 saturated carbocycles. The molecule has 0 radical (unpaired) electrons. The van der Waals surface area contributed by atoms with E-state index >= 15 is 0 Å². The molecule has 0 aliphatic carbocycles. The lowest BCUT2D eigenvalue weighted by Gasteiger charge is -2.11. The van der Waals surface area contributed by atoms with E-state index < -0.39 is 0 Å². The van der Waals surface area contributed by atoms with Gasteiger partial charge in [0.2, 0.25) is 5.91 Å². The highest BCUT2D eigenvalue weighted by Gasteiger charge is 2.13. The number of unbranched alkanes of at least 4 members (excludes halogenated alkanes) is 1. The van der Waals surface area contributed by atoms with Crippen LogP contribution in [-0.4, -0.2) is 12.5 Å². The van der Waals surface area contributed by atoms with Crippen LogP contribution in [0, 0.1) is 0 Å². The number of benzene rings is 1. The SMILES string of the molecule is C=CCCCOCc1ccc(C(C)C(=O)NN)cc1. The molecule has 1 amide bonds. The molecule has 1 unspecified atom stereocenters. The Morgan fingerprint density at radius 1 is 1.47 bits per heavy atom. The summed E-state index contributed by atoms with van der Waals surface area (Å²) in [5, 5.41) is 0. The highest BCUT2D eigenvalue weighted by atomic mass is 16.5. The molecular formula is C15H22N2O2. The van der Waals surface area contributed by atoms with Gasteiger partial charge in [0.1, 0.15) is 0 Å². The number of amides is 1. The molecule has 0 heterocycles. The van der Waals surface area contributed by atoms with E-state index in [2.05, 4.69) is 12.0 Å². The first-order chi connectivity index (χ1) is 9.19. The predicted octanol–water partition coefficient (Wildman–Crippen LogP) is 2.26. The standard InChI is InChI=1S/C15H22N2O2/c1-3-4-5-10-19-11-13-6-8-14(9-7-13)12(2)15(18)17-16/h3,6-9,12H,1,4-5,10-11,16H2,2H3,(H,17,18). The summed E-state index contributed by atoms with van der Waals surface area (Å²) >= 11 is 0. The number of nitrogens with one attached hydrogen (secondary N) is 1. The highest BCUT2D eigenvalue weighted by Crippen LogP contribution is 2.16. The molecule has 0 aromatic heterocycles. The van der Waals surface area contributed by atoms with Crippen LogP contribution in [0.5, 0.6) is 0 Å². The Morgan fingerprint density at radius 2 is 2.16 bits per heavy atom. The van der Waals surface area contributed by atoms with Crippen molar-refractivity contribution in [3.05, 3.63) is 48.0 Å². The number of hydrazine groups is 1. The molecule has 0 aliphatic rings. The van der Waals surface area contributed by atoms with Crippen LogP contribution in [0.2, 0.25) is 0 Å². The molecule has 1 aromatic carbocycles. The van der Waals surface area contributed by atoms with E-state index in [1.165, 1.54) is 0 Å². The third-order valence-corrected chi connectivity index (χ3v) is 2.98. The molecular weight excluding hydrogens is 240 g/mol. The summed E-state index contributed by atoms with van der Waals surface area (Å²) in [5.74, 6) is 4.69. The van der Waals surface area contributed by atoms with Crippen molar-refractivity contribution in [1.29, 1.82) is 0 Å². The number of ether oxygens (including phenoxy) is 1. The average Bonchev–Trinajstić information content (AvgIpc) is 2.46. The molecule has 3 N–H and O–H groups in total. The maximum Gasteiger partial charge on any atom is 0.241 e. The topological polar surface area (TPSA) is 64.3 Å². The Bertz CT molecular complexity index is 401. The van der Waals surface area contributed by atoms with E-state index in [9.17, 15) is 4.79 Å². The first kappa shape index (κ1) is 15.4. The van der Waals surface area contributed by atoms with Gasteiger partial charge in [-0.2, -0.15) is 0 Å². The molecule has 19 heavy (non-hydrogen) atoms. The van der Waals surface area contributed by atoms with Gasteiger partial charge < -0.3 is 4.74 Å². The molecule has 1 aromatic rings. The number of carbonyl (C=O) groups excluding carboxylic acids is 1. The third kappa shape index (κ3) is 5.24. The lowest BCUT2D eigenvalue weighted by Crippen LogP contribution is -2.33. The van der Waals surface area contributed by atoms with Crippen LogP contribution in [0.4, 0.5) is 0 Å². The van der Waals surface area contributed by atoms with Crippen molar-refractivity contribution < 1.29 is 9.53 Å². The first-order valence-electron chi connectivity index (χ1n) is 6.47. The van der Waals surface area contributed by atoms with E-state index in [0.717, 1.165) is 30.6 Å². The van der Waals surface area contributed by atoms with Gasteiger partial charge in [0.25, 0.3) is 0 Å². The lowest BCUT2D eigenvalue weighted by molar-refractivity contribution is -0.122. The molecule has 0 spiro atoms. The highest BCUT2D eigenvalue weighted by molar-refractivity contribution is 5.82. The van der Waals surface area contributed by atoms with Crippen LogP contribution in [0.15, 0.2) is 36.9 Å². The monoisotopic (exact) mass is 262 g/mol. The molecule has 0 aliphatic heterocycles. The summed E-state index contributed by atoms with van der Waals surface area (Å²) in [5.41, 5.74) is 4.20. The van der Waals surface area contributed by atoms with Gasteiger partial charge in [-0.3, -0.25) is 10.2 Å². The molecule has 0 bridgehead atoms. The van der Waals surface area contributed by atoms with Crippen molar-refractivity contribution in [3.8, 4) is 0 Å². The Hall–Kier alpha value is -1.65. The average molecular weight is 262 g/mol. The molecule has 4 heteroatoms. The number of hydrogen-bond acceptors (Lipinski definition) is 3. The normalized spacial score (nSPS) is 11.9. The minimum atomic E-state index is -0.243. The Kier molecular flexibility index (Phi) is 6.85. The predicted molar refractivity (Wildman–Crippen MR) is 76.3 cm³/mol. The number of carbonyl (C=O) groups is 1. The minimum absolute atomic E-state index is 0.187. The van der Waals surface area contributed by atoms with Gasteiger partial charge >= 0.3 is 0 Å². The summed E-state index contributed by atoms with van der Waals surface area (Å²) in [6.45, 7) is 6.82. The molecule has 4 nitrogen and oxygen atoms in total. The van der Waals surface area contributed by atoms with Crippen molar-refractivity contribution in [1.82, 2.24) is 5.43 Å². The molecule has 1 atom stereocenters. The van der Waals surface area contributed by atoms with Crippen molar-refractivity contribution >= 4 is 5.91 Å². The summed E-state index contributed by atoms with van der Waals surface area (Å²) in [6, 6.07) is 7.82. The fourth-order valence-corrected chi connectivity index (χ4v) is 1.70. The van der Waals surface area contributed by atoms with E-state index in [-0.39, 0.29) is 11.8 Å². The van der Waals surface area contributed by atoms with E-state index in [1.807, 2.05) is 37.3 Å². The van der Waals surface area contributed by atoms with Gasteiger partial charge in [0.15, 0.2) is 0 Å². The molecule has 0 fully saturated rings. The fraction of sp³-hybridized carbons (Fsp3) is 0.400. The second kappa shape index (κ2) is 8.45. The van der Waals surface area contributed by atoms with Gasteiger partial charge in [0.05, 0.1) is 12.5 Å². The van der Waals surface area contributed by atoms with Crippen LogP contribution in [0.1, 0.15) is 36.8 Å². The van der Waals surface area contributed by atoms with Gasteiger partial charge in [0, 0.05) is 6.61 Å². The zero-order valence-corrected chi connectivity index (χ0v) is 11.4.